The molecule has 21 heavy (non-hydrogen) atoms. The molecule has 1 unspecified atom stereocenters. The van der Waals surface area contributed by atoms with Crippen LogP contribution in [0.3, 0.4) is 0 Å². The Bertz CT molecular complexity index is 496. The third-order valence-corrected chi connectivity index (χ3v) is 8.91. The lowest BCUT2D eigenvalue weighted by atomic mass is 9.50. The Labute approximate surface area is 129 Å². The average molecular weight is 286 g/mol. The molecule has 1 nitrogen and oxygen atoms in total. The SMILES string of the molecule is C=C1CC[C@H]2[C@@H]3CC[C@@H]4C5C[C@@]5(O)CC[C@@H]4[C@H]3CC[C@]12C. The molecule has 0 aromatic rings. The number of fused-ring (bicyclic) bond motifs is 7. The zero-order valence-electron chi connectivity index (χ0n) is 13.5. The van der Waals surface area contributed by atoms with Crippen LogP contribution in [0, 0.1) is 40.9 Å². The summed E-state index contributed by atoms with van der Waals surface area (Å²) in [5.74, 6) is 5.41. The van der Waals surface area contributed by atoms with Crippen LogP contribution in [-0.4, -0.2) is 10.7 Å². The fourth-order valence-corrected chi connectivity index (χ4v) is 7.59. The van der Waals surface area contributed by atoms with Crippen LogP contribution in [0.15, 0.2) is 12.2 Å². The summed E-state index contributed by atoms with van der Waals surface area (Å²) in [6, 6.07) is 0. The molecule has 5 aliphatic carbocycles. The maximum atomic E-state index is 10.5. The molecule has 5 saturated carbocycles. The van der Waals surface area contributed by atoms with Gasteiger partial charge in [0.2, 0.25) is 0 Å². The number of hydrogen-bond acceptors (Lipinski definition) is 1. The molecule has 0 aromatic carbocycles. The first-order chi connectivity index (χ1) is 10.0. The molecule has 0 bridgehead atoms. The molecule has 5 aliphatic rings. The first-order valence-corrected chi connectivity index (χ1v) is 9.43. The van der Waals surface area contributed by atoms with Gasteiger partial charge in [-0.2, -0.15) is 0 Å². The van der Waals surface area contributed by atoms with Crippen molar-refractivity contribution in [2.24, 2.45) is 40.9 Å². The van der Waals surface area contributed by atoms with Crippen LogP contribution in [0.4, 0.5) is 0 Å². The van der Waals surface area contributed by atoms with E-state index in [1.165, 1.54) is 44.9 Å². The van der Waals surface area contributed by atoms with Crippen LogP contribution in [0.25, 0.3) is 0 Å². The third-order valence-electron chi connectivity index (χ3n) is 8.91. The van der Waals surface area contributed by atoms with Gasteiger partial charge < -0.3 is 5.11 Å². The van der Waals surface area contributed by atoms with Crippen LogP contribution in [0.2, 0.25) is 0 Å². The molecule has 8 atom stereocenters. The normalized spacial score (nSPS) is 61.5. The lowest BCUT2D eigenvalue weighted by molar-refractivity contribution is -0.0640. The van der Waals surface area contributed by atoms with E-state index in [4.69, 9.17) is 0 Å². The van der Waals surface area contributed by atoms with Gasteiger partial charge in [-0.1, -0.05) is 19.1 Å². The lowest BCUT2D eigenvalue weighted by Gasteiger charge is -2.55. The Morgan fingerprint density at radius 3 is 2.33 bits per heavy atom. The molecule has 5 rings (SSSR count). The number of hydrogen-bond donors (Lipinski definition) is 1. The summed E-state index contributed by atoms with van der Waals surface area (Å²) in [5.41, 5.74) is 1.83. The zero-order chi connectivity index (χ0) is 14.4. The van der Waals surface area contributed by atoms with Crippen LogP contribution in [0.1, 0.15) is 64.7 Å². The minimum absolute atomic E-state index is 0.209. The van der Waals surface area contributed by atoms with E-state index in [0.717, 1.165) is 42.4 Å². The molecular formula is C20H30O. The van der Waals surface area contributed by atoms with E-state index in [0.29, 0.717) is 11.3 Å². The first-order valence-electron chi connectivity index (χ1n) is 9.43. The van der Waals surface area contributed by atoms with E-state index < -0.39 is 0 Å². The highest BCUT2D eigenvalue weighted by atomic mass is 16.3. The van der Waals surface area contributed by atoms with E-state index in [2.05, 4.69) is 13.5 Å². The maximum Gasteiger partial charge on any atom is 0.0683 e. The summed E-state index contributed by atoms with van der Waals surface area (Å²) in [6.07, 6.45) is 12.0. The molecule has 1 heteroatoms. The molecule has 1 N–H and O–H groups in total. The molecule has 0 saturated heterocycles. The largest absolute Gasteiger partial charge is 0.390 e. The van der Waals surface area contributed by atoms with Gasteiger partial charge in [0.1, 0.15) is 0 Å². The van der Waals surface area contributed by atoms with Crippen LogP contribution in [-0.2, 0) is 0 Å². The van der Waals surface area contributed by atoms with Crippen molar-refractivity contribution in [2.75, 3.05) is 0 Å². The summed E-state index contributed by atoms with van der Waals surface area (Å²) in [7, 11) is 0. The summed E-state index contributed by atoms with van der Waals surface area (Å²) in [5, 5.41) is 10.5. The quantitative estimate of drug-likeness (QED) is 0.647. The Hall–Kier alpha value is -0.300. The number of allylic oxidation sites excluding steroid dienone is 1. The zero-order valence-corrected chi connectivity index (χ0v) is 13.5. The molecular weight excluding hydrogens is 256 g/mol. The second-order valence-electron chi connectivity index (χ2n) is 9.39. The third kappa shape index (κ3) is 1.57. The van der Waals surface area contributed by atoms with Crippen molar-refractivity contribution in [1.29, 1.82) is 0 Å². The summed E-state index contributed by atoms with van der Waals surface area (Å²) in [4.78, 5) is 0. The average Bonchev–Trinajstić information content (AvgIpc) is 3.08. The van der Waals surface area contributed by atoms with Gasteiger partial charge in [-0.25, -0.2) is 0 Å². The van der Waals surface area contributed by atoms with Gasteiger partial charge in [-0.15, -0.1) is 0 Å². The van der Waals surface area contributed by atoms with Crippen molar-refractivity contribution in [3.63, 3.8) is 0 Å². The standard InChI is InChI=1S/C20H30O/c1-12-3-6-17-15-4-5-16-14(8-10-20(21)11-18(16)20)13(15)7-9-19(12,17)2/h13-18,21H,1,3-11H2,2H3/t13-,14-,15-,16+,17+,18?,19-,20+/m1/s1. The molecule has 5 fully saturated rings. The Morgan fingerprint density at radius 1 is 0.905 bits per heavy atom. The van der Waals surface area contributed by atoms with Crippen LogP contribution in [0.5, 0.6) is 0 Å². The highest BCUT2D eigenvalue weighted by molar-refractivity contribution is 5.21. The van der Waals surface area contributed by atoms with Crippen molar-refractivity contribution in [3.8, 4) is 0 Å². The minimum Gasteiger partial charge on any atom is -0.390 e. The van der Waals surface area contributed by atoms with Crippen molar-refractivity contribution in [3.05, 3.63) is 12.2 Å². The Balaban J connectivity index is 1.43. The van der Waals surface area contributed by atoms with Gasteiger partial charge in [0, 0.05) is 0 Å². The van der Waals surface area contributed by atoms with Gasteiger partial charge in [0.05, 0.1) is 5.60 Å². The van der Waals surface area contributed by atoms with Gasteiger partial charge in [0.25, 0.3) is 0 Å². The predicted octanol–water partition coefficient (Wildman–Crippen LogP) is 4.56. The van der Waals surface area contributed by atoms with E-state index >= 15 is 0 Å². The lowest BCUT2D eigenvalue weighted by Crippen LogP contribution is -2.48. The molecule has 0 aliphatic heterocycles. The van der Waals surface area contributed by atoms with E-state index in [-0.39, 0.29) is 5.60 Å². The monoisotopic (exact) mass is 286 g/mol. The maximum absolute atomic E-state index is 10.5. The Morgan fingerprint density at radius 2 is 1.57 bits per heavy atom. The second-order valence-corrected chi connectivity index (χ2v) is 9.39. The molecule has 0 amide bonds. The van der Waals surface area contributed by atoms with Crippen molar-refractivity contribution in [1.82, 2.24) is 0 Å². The molecule has 116 valence electrons. The molecule has 0 heterocycles. The Kier molecular flexibility index (Phi) is 2.48. The number of rotatable bonds is 0. The van der Waals surface area contributed by atoms with E-state index in [1.54, 1.807) is 5.57 Å². The predicted molar refractivity (Wildman–Crippen MR) is 84.7 cm³/mol. The fraction of sp³-hybridized carbons (Fsp3) is 0.900. The van der Waals surface area contributed by atoms with Crippen molar-refractivity contribution in [2.45, 2.75) is 70.3 Å². The molecule has 0 aromatic heterocycles. The summed E-state index contributed by atoms with van der Waals surface area (Å²) in [6.45, 7) is 6.95. The van der Waals surface area contributed by atoms with Gasteiger partial charge in [0.15, 0.2) is 0 Å². The van der Waals surface area contributed by atoms with Gasteiger partial charge in [-0.05, 0) is 98.7 Å². The fourth-order valence-electron chi connectivity index (χ4n) is 7.59. The van der Waals surface area contributed by atoms with Crippen LogP contribution < -0.4 is 0 Å². The van der Waals surface area contributed by atoms with Crippen molar-refractivity contribution < 1.29 is 5.11 Å². The van der Waals surface area contributed by atoms with Gasteiger partial charge in [-0.3, -0.25) is 0 Å². The first kappa shape index (κ1) is 13.2. The highest BCUT2D eigenvalue weighted by Crippen LogP contribution is 2.68. The second kappa shape index (κ2) is 3.96. The number of aliphatic hydroxyl groups is 1. The highest BCUT2D eigenvalue weighted by Gasteiger charge is 2.64. The van der Waals surface area contributed by atoms with Gasteiger partial charge >= 0.3 is 0 Å². The summed E-state index contributed by atoms with van der Waals surface area (Å²) >= 11 is 0. The topological polar surface area (TPSA) is 20.2 Å². The smallest absolute Gasteiger partial charge is 0.0683 e. The van der Waals surface area contributed by atoms with E-state index in [1.807, 2.05) is 0 Å². The van der Waals surface area contributed by atoms with Crippen LogP contribution >= 0.6 is 0 Å². The van der Waals surface area contributed by atoms with E-state index in [9.17, 15) is 5.11 Å². The minimum atomic E-state index is -0.209. The molecule has 0 spiro atoms. The molecule has 0 radical (unpaired) electrons. The summed E-state index contributed by atoms with van der Waals surface area (Å²) < 4.78 is 0. The van der Waals surface area contributed by atoms with Crippen molar-refractivity contribution >= 4 is 0 Å².